The molecule has 1 heterocycles. The Morgan fingerprint density at radius 2 is 2.06 bits per heavy atom. The summed E-state index contributed by atoms with van der Waals surface area (Å²) in [4.78, 5) is 4.15. The van der Waals surface area contributed by atoms with Gasteiger partial charge in [-0.25, -0.2) is 26.9 Å². The van der Waals surface area contributed by atoms with E-state index in [1.807, 2.05) is 0 Å². The van der Waals surface area contributed by atoms with Gasteiger partial charge in [0.05, 0.1) is 21.0 Å². The smallest absolute Gasteiger partial charge is 0.208 e. The Bertz CT molecular complexity index is 1360. The fourth-order valence-corrected chi connectivity index (χ4v) is 5.35. The predicted molar refractivity (Wildman–Crippen MR) is 117 cm³/mol. The molecule has 10 heteroatoms. The van der Waals surface area contributed by atoms with E-state index in [2.05, 4.69) is 9.71 Å². The van der Waals surface area contributed by atoms with Crippen molar-refractivity contribution in [3.63, 3.8) is 0 Å². The van der Waals surface area contributed by atoms with E-state index in [1.165, 1.54) is 30.3 Å². The van der Waals surface area contributed by atoms with Crippen molar-refractivity contribution in [3.8, 4) is 16.9 Å². The van der Waals surface area contributed by atoms with Gasteiger partial charge in [-0.3, -0.25) is 0 Å². The number of aromatic hydroxyl groups is 1. The van der Waals surface area contributed by atoms with Crippen molar-refractivity contribution in [2.75, 3.05) is 6.26 Å². The van der Waals surface area contributed by atoms with Crippen LogP contribution in [0, 0.1) is 11.6 Å². The molecule has 1 saturated carbocycles. The highest BCUT2D eigenvalue weighted by molar-refractivity contribution is 7.88. The molecular formula is C23H24F2N2O5S. The molecule has 1 fully saturated rings. The molecule has 3 aromatic rings. The van der Waals surface area contributed by atoms with Gasteiger partial charge in [-0.2, -0.15) is 0 Å². The number of phenols is 1. The molecule has 1 aliphatic carbocycles. The van der Waals surface area contributed by atoms with Crippen LogP contribution in [0.25, 0.3) is 11.1 Å². The van der Waals surface area contributed by atoms with E-state index >= 15 is 0 Å². The third-order valence-corrected chi connectivity index (χ3v) is 6.67. The maximum absolute atomic E-state index is 14.7. The number of nitrogens with zero attached hydrogens (tertiary/aromatic N) is 1. The standard InChI is InChI=1S/C23H24F2N2O5S/c1-33(30,31)27-15-7-8-23(11-15,22-26-16(12-28)13-32-22)10-14-5-6-19(24)18(9-14)17-3-2-4-20(25)21(17)29/h2-6,9,13,15,27-29H,7-8,10-12H2,1H3/t15-,23+/m0/s1/i12D2. The third kappa shape index (κ3) is 4.92. The van der Waals surface area contributed by atoms with Gasteiger partial charge >= 0.3 is 0 Å². The highest BCUT2D eigenvalue weighted by Gasteiger charge is 2.45. The predicted octanol–water partition coefficient (Wildman–Crippen LogP) is 3.40. The summed E-state index contributed by atoms with van der Waals surface area (Å²) in [5.74, 6) is -2.12. The van der Waals surface area contributed by atoms with Gasteiger partial charge in [-0.05, 0) is 49.4 Å². The van der Waals surface area contributed by atoms with E-state index in [-0.39, 0.29) is 35.6 Å². The van der Waals surface area contributed by atoms with Crippen LogP contribution in [-0.4, -0.2) is 35.9 Å². The largest absolute Gasteiger partial charge is 0.504 e. The summed E-state index contributed by atoms with van der Waals surface area (Å²) < 4.78 is 75.3. The SMILES string of the molecule is [2H]C([2H])(O)c1coc([C@@]2(Cc3ccc(F)c(-c4cccc(F)c4O)c3)CC[C@H](NS(C)(=O)=O)C2)n1. The Kier molecular flexibility index (Phi) is 5.57. The van der Waals surface area contributed by atoms with Gasteiger partial charge in [0.25, 0.3) is 0 Å². The summed E-state index contributed by atoms with van der Waals surface area (Å²) in [6.07, 6.45) is 3.37. The lowest BCUT2D eigenvalue weighted by Crippen LogP contribution is -2.35. The van der Waals surface area contributed by atoms with Gasteiger partial charge in [-0.1, -0.05) is 18.2 Å². The Labute approximate surface area is 193 Å². The number of hydrogen-bond acceptors (Lipinski definition) is 6. The number of halogens is 2. The lowest BCUT2D eigenvalue weighted by molar-refractivity contribution is 0.276. The number of phenolic OH excluding ortho intramolecular Hbond substituents is 1. The zero-order chi connectivity index (χ0) is 25.6. The van der Waals surface area contributed by atoms with Crippen LogP contribution in [0.15, 0.2) is 47.1 Å². The molecular weight excluding hydrogens is 454 g/mol. The highest BCUT2D eigenvalue weighted by Crippen LogP contribution is 2.44. The van der Waals surface area contributed by atoms with Crippen LogP contribution in [0.3, 0.4) is 0 Å². The first-order valence-electron chi connectivity index (χ1n) is 11.2. The number of oxazole rings is 1. The van der Waals surface area contributed by atoms with E-state index in [4.69, 9.17) is 7.16 Å². The number of nitrogens with one attached hydrogen (secondary N) is 1. The van der Waals surface area contributed by atoms with Gasteiger partial charge in [0.2, 0.25) is 15.9 Å². The average Bonchev–Trinajstić information content (AvgIpc) is 3.39. The topological polar surface area (TPSA) is 113 Å². The maximum Gasteiger partial charge on any atom is 0.208 e. The lowest BCUT2D eigenvalue weighted by atomic mass is 9.79. The van der Waals surface area contributed by atoms with Crippen molar-refractivity contribution < 1.29 is 34.6 Å². The molecule has 176 valence electrons. The molecule has 0 radical (unpaired) electrons. The molecule has 0 bridgehead atoms. The zero-order valence-electron chi connectivity index (χ0n) is 19.7. The van der Waals surface area contributed by atoms with Crippen LogP contribution in [0.4, 0.5) is 8.78 Å². The maximum atomic E-state index is 14.7. The van der Waals surface area contributed by atoms with Crippen LogP contribution in [0.5, 0.6) is 5.75 Å². The molecule has 0 unspecified atom stereocenters. The van der Waals surface area contributed by atoms with E-state index in [0.717, 1.165) is 18.6 Å². The van der Waals surface area contributed by atoms with Gasteiger partial charge in [0, 0.05) is 17.2 Å². The van der Waals surface area contributed by atoms with Gasteiger partial charge in [0.1, 0.15) is 17.8 Å². The molecule has 2 atom stereocenters. The Hall–Kier alpha value is -2.82. The highest BCUT2D eigenvalue weighted by atomic mass is 32.2. The van der Waals surface area contributed by atoms with Crippen molar-refractivity contribution in [1.29, 1.82) is 0 Å². The Balaban J connectivity index is 1.74. The van der Waals surface area contributed by atoms with E-state index in [1.54, 1.807) is 0 Å². The van der Waals surface area contributed by atoms with Crippen LogP contribution in [0.2, 0.25) is 0 Å². The Morgan fingerprint density at radius 1 is 1.27 bits per heavy atom. The first kappa shape index (κ1) is 20.8. The second-order valence-electron chi connectivity index (χ2n) is 8.39. The molecule has 0 spiro atoms. The number of sulfonamides is 1. The molecule has 0 saturated heterocycles. The minimum Gasteiger partial charge on any atom is -0.504 e. The molecule has 4 rings (SSSR count). The molecule has 2 aromatic carbocycles. The molecule has 0 amide bonds. The summed E-state index contributed by atoms with van der Waals surface area (Å²) >= 11 is 0. The second kappa shape index (κ2) is 8.85. The molecule has 1 aromatic heterocycles. The minimum atomic E-state index is -3.50. The van der Waals surface area contributed by atoms with Gasteiger partial charge < -0.3 is 14.6 Å². The van der Waals surface area contributed by atoms with Crippen LogP contribution >= 0.6 is 0 Å². The normalized spacial score (nSPS) is 22.2. The van der Waals surface area contributed by atoms with Crippen LogP contribution in [0.1, 0.15) is 39.2 Å². The van der Waals surface area contributed by atoms with Crippen molar-refractivity contribution >= 4 is 10.0 Å². The summed E-state index contributed by atoms with van der Waals surface area (Å²) in [6, 6.07) is 7.54. The van der Waals surface area contributed by atoms with Gasteiger partial charge in [0.15, 0.2) is 11.6 Å². The van der Waals surface area contributed by atoms with E-state index in [0.29, 0.717) is 18.4 Å². The van der Waals surface area contributed by atoms with Crippen molar-refractivity contribution in [2.24, 2.45) is 0 Å². The summed E-state index contributed by atoms with van der Waals surface area (Å²) in [6.45, 7) is -2.73. The van der Waals surface area contributed by atoms with Crippen molar-refractivity contribution in [1.82, 2.24) is 9.71 Å². The fourth-order valence-electron chi connectivity index (χ4n) is 4.54. The second-order valence-corrected chi connectivity index (χ2v) is 10.2. The molecule has 0 aliphatic heterocycles. The molecule has 7 nitrogen and oxygen atoms in total. The number of aliphatic hydroxyl groups is 1. The number of aromatic nitrogens is 1. The number of para-hydroxylation sites is 1. The van der Waals surface area contributed by atoms with Gasteiger partial charge in [-0.15, -0.1) is 0 Å². The van der Waals surface area contributed by atoms with E-state index in [9.17, 15) is 27.4 Å². The molecule has 33 heavy (non-hydrogen) atoms. The first-order valence-corrected chi connectivity index (χ1v) is 12.1. The molecule has 3 N–H and O–H groups in total. The summed E-state index contributed by atoms with van der Waals surface area (Å²) in [5.41, 5.74) is -0.676. The number of rotatable bonds is 7. The van der Waals surface area contributed by atoms with Crippen LogP contribution < -0.4 is 4.72 Å². The summed E-state index contributed by atoms with van der Waals surface area (Å²) in [7, 11) is -3.50. The lowest BCUT2D eigenvalue weighted by Gasteiger charge is -2.26. The average molecular weight is 481 g/mol. The summed E-state index contributed by atoms with van der Waals surface area (Å²) in [5, 5.41) is 19.8. The Morgan fingerprint density at radius 3 is 2.76 bits per heavy atom. The third-order valence-electron chi connectivity index (χ3n) is 5.91. The van der Waals surface area contributed by atoms with Crippen LogP contribution in [-0.2, 0) is 28.4 Å². The fraction of sp³-hybridized carbons (Fsp3) is 0.348. The quantitative estimate of drug-likeness (QED) is 0.478. The van der Waals surface area contributed by atoms with E-state index < -0.39 is 45.4 Å². The number of benzene rings is 2. The minimum absolute atomic E-state index is 0.0155. The van der Waals surface area contributed by atoms with Crippen molar-refractivity contribution in [2.45, 2.75) is 43.7 Å². The monoisotopic (exact) mass is 480 g/mol. The first-order chi connectivity index (χ1) is 16.3. The number of hydrogen-bond donors (Lipinski definition) is 3. The molecule has 1 aliphatic rings. The van der Waals surface area contributed by atoms with Crippen molar-refractivity contribution in [3.05, 3.63) is 71.4 Å². The zero-order valence-corrected chi connectivity index (χ0v) is 18.5.